The van der Waals surface area contributed by atoms with E-state index in [2.05, 4.69) is 0 Å². The number of carbonyl (C=O) groups excluding carboxylic acids is 1. The summed E-state index contributed by atoms with van der Waals surface area (Å²) in [4.78, 5) is 11.9. The van der Waals surface area contributed by atoms with Gasteiger partial charge in [-0.25, -0.2) is 4.39 Å². The molecule has 100 valence electrons. The summed E-state index contributed by atoms with van der Waals surface area (Å²) in [5, 5.41) is 0. The van der Waals surface area contributed by atoms with E-state index in [9.17, 15) is 9.18 Å². The van der Waals surface area contributed by atoms with Crippen molar-refractivity contribution < 1.29 is 18.7 Å². The quantitative estimate of drug-likeness (QED) is 0.785. The van der Waals surface area contributed by atoms with Crippen LogP contribution in [0.5, 0.6) is 0 Å². The minimum Gasteiger partial charge on any atom is -0.360 e. The fourth-order valence-corrected chi connectivity index (χ4v) is 2.48. The monoisotopic (exact) mass is 262 g/mol. The molecule has 3 rings (SSSR count). The number of rotatable bonds is 3. The summed E-state index contributed by atoms with van der Waals surface area (Å²) in [5.41, 5.74) is 0.954. The third-order valence-corrected chi connectivity index (χ3v) is 3.56. The zero-order valence-corrected chi connectivity index (χ0v) is 10.5. The van der Waals surface area contributed by atoms with E-state index in [1.54, 1.807) is 12.2 Å². The Bertz CT molecular complexity index is 499. The van der Waals surface area contributed by atoms with Crippen LogP contribution in [0, 0.1) is 0 Å². The Balaban J connectivity index is 1.75. The molecule has 2 bridgehead atoms. The number of alkyl halides is 1. The third kappa shape index (κ3) is 2.22. The highest BCUT2D eigenvalue weighted by atomic mass is 19.1. The maximum atomic E-state index is 13.8. The largest absolute Gasteiger partial charge is 0.360 e. The summed E-state index contributed by atoms with van der Waals surface area (Å²) in [6.07, 6.45) is -0.645. The van der Waals surface area contributed by atoms with Crippen molar-refractivity contribution in [1.29, 1.82) is 0 Å². The lowest BCUT2D eigenvalue weighted by Gasteiger charge is -2.32. The first-order chi connectivity index (χ1) is 9.16. The second-order valence-electron chi connectivity index (χ2n) is 4.86. The van der Waals surface area contributed by atoms with Gasteiger partial charge in [0.05, 0.1) is 6.10 Å². The average Bonchev–Trinajstić information content (AvgIpc) is 2.89. The molecule has 0 radical (unpaired) electrons. The summed E-state index contributed by atoms with van der Waals surface area (Å²) in [6.45, 7) is 1.85. The molecule has 2 aliphatic rings. The molecule has 3 nitrogen and oxygen atoms in total. The topological polar surface area (TPSA) is 35.5 Å². The summed E-state index contributed by atoms with van der Waals surface area (Å²) >= 11 is 0. The van der Waals surface area contributed by atoms with Gasteiger partial charge in [0.15, 0.2) is 6.17 Å². The number of Topliss-reactive ketones (excluding diaryl/α,β-unsaturated/α-hetero) is 1. The van der Waals surface area contributed by atoms with Gasteiger partial charge in [-0.3, -0.25) is 4.79 Å². The van der Waals surface area contributed by atoms with Gasteiger partial charge < -0.3 is 9.47 Å². The zero-order chi connectivity index (χ0) is 13.4. The average molecular weight is 262 g/mol. The Morgan fingerprint density at radius 2 is 1.89 bits per heavy atom. The highest BCUT2D eigenvalue weighted by Crippen LogP contribution is 2.31. The fraction of sp³-hybridized carbons (Fsp3) is 0.400. The highest BCUT2D eigenvalue weighted by molar-refractivity contribution is 5.90. The second-order valence-corrected chi connectivity index (χ2v) is 4.86. The van der Waals surface area contributed by atoms with Gasteiger partial charge in [-0.2, -0.15) is 0 Å². The molecule has 1 fully saturated rings. The van der Waals surface area contributed by atoms with Crippen molar-refractivity contribution in [3.05, 3.63) is 48.0 Å². The van der Waals surface area contributed by atoms with Crippen molar-refractivity contribution in [2.45, 2.75) is 37.5 Å². The first kappa shape index (κ1) is 12.5. The van der Waals surface area contributed by atoms with Crippen LogP contribution in [0.4, 0.5) is 4.39 Å². The smallest absolute Gasteiger partial charge is 0.201 e. The lowest BCUT2D eigenvalue weighted by Crippen LogP contribution is -2.50. The van der Waals surface area contributed by atoms with Gasteiger partial charge in [0.2, 0.25) is 5.78 Å². The molecule has 0 saturated carbocycles. The molecule has 4 heteroatoms. The molecule has 1 aromatic rings. The summed E-state index contributed by atoms with van der Waals surface area (Å²) in [7, 11) is 0. The standard InChI is InChI=1S/C15H15FO3/c1-9(10-5-3-2-4-6-10)18-15-12-8-7-11(19-12)13(16)14(15)17/h2-9,11-13,15H,1H3/t9-,11-,12+,13-,15-/m0/s1. The van der Waals surface area contributed by atoms with Gasteiger partial charge in [0.25, 0.3) is 0 Å². The second kappa shape index (κ2) is 4.87. The molecule has 1 aromatic carbocycles. The van der Waals surface area contributed by atoms with E-state index in [4.69, 9.17) is 9.47 Å². The van der Waals surface area contributed by atoms with Gasteiger partial charge in [0.1, 0.15) is 18.3 Å². The number of hydrogen-bond acceptors (Lipinski definition) is 3. The third-order valence-electron chi connectivity index (χ3n) is 3.56. The molecule has 0 unspecified atom stereocenters. The van der Waals surface area contributed by atoms with E-state index in [-0.39, 0.29) is 6.10 Å². The van der Waals surface area contributed by atoms with E-state index in [1.807, 2.05) is 37.3 Å². The normalized spacial score (nSPS) is 34.5. The van der Waals surface area contributed by atoms with Gasteiger partial charge in [-0.05, 0) is 12.5 Å². The van der Waals surface area contributed by atoms with Gasteiger partial charge >= 0.3 is 0 Å². The van der Waals surface area contributed by atoms with Crippen molar-refractivity contribution in [3.8, 4) is 0 Å². The Hall–Kier alpha value is -1.52. The number of benzene rings is 1. The molecule has 2 heterocycles. The Labute approximate surface area is 111 Å². The molecule has 0 aliphatic carbocycles. The summed E-state index contributed by atoms with van der Waals surface area (Å²) < 4.78 is 24.9. The van der Waals surface area contributed by atoms with Crippen LogP contribution in [0.25, 0.3) is 0 Å². The van der Waals surface area contributed by atoms with Crippen LogP contribution in [0.1, 0.15) is 18.6 Å². The van der Waals surface area contributed by atoms with E-state index in [0.29, 0.717) is 0 Å². The molecular weight excluding hydrogens is 247 g/mol. The SMILES string of the molecule is C[C@H](O[C@@H]1C(=O)[C@@H](F)[C@@H]2C=C[C@H]1O2)c1ccccc1. The van der Waals surface area contributed by atoms with Crippen molar-refractivity contribution in [3.63, 3.8) is 0 Å². The first-order valence-electron chi connectivity index (χ1n) is 6.39. The van der Waals surface area contributed by atoms with Crippen LogP contribution in [0.2, 0.25) is 0 Å². The highest BCUT2D eigenvalue weighted by Gasteiger charge is 2.47. The van der Waals surface area contributed by atoms with Crippen molar-refractivity contribution in [2.24, 2.45) is 0 Å². The lowest BCUT2D eigenvalue weighted by molar-refractivity contribution is -0.170. The van der Waals surface area contributed by atoms with Crippen molar-refractivity contribution >= 4 is 5.78 Å². The number of ether oxygens (including phenoxy) is 2. The minimum atomic E-state index is -1.62. The lowest BCUT2D eigenvalue weighted by atomic mass is 10.0. The van der Waals surface area contributed by atoms with Crippen molar-refractivity contribution in [1.82, 2.24) is 0 Å². The molecule has 19 heavy (non-hydrogen) atoms. The Morgan fingerprint density at radius 1 is 1.21 bits per heavy atom. The molecule has 1 saturated heterocycles. The minimum absolute atomic E-state index is 0.281. The van der Waals surface area contributed by atoms with Crippen LogP contribution < -0.4 is 0 Å². The van der Waals surface area contributed by atoms with E-state index in [0.717, 1.165) is 5.56 Å². The number of carbonyl (C=O) groups is 1. The first-order valence-corrected chi connectivity index (χ1v) is 6.39. The van der Waals surface area contributed by atoms with Crippen LogP contribution in [-0.2, 0) is 14.3 Å². The van der Waals surface area contributed by atoms with Crippen LogP contribution in [0.3, 0.4) is 0 Å². The predicted molar refractivity (Wildman–Crippen MR) is 67.4 cm³/mol. The molecule has 0 amide bonds. The summed E-state index contributed by atoms with van der Waals surface area (Å²) in [5.74, 6) is -0.519. The number of fused-ring (bicyclic) bond motifs is 2. The number of halogens is 1. The summed E-state index contributed by atoms with van der Waals surface area (Å²) in [6, 6.07) is 9.54. The molecular formula is C15H15FO3. The number of ketones is 1. The van der Waals surface area contributed by atoms with E-state index < -0.39 is 30.3 Å². The fourth-order valence-electron chi connectivity index (χ4n) is 2.48. The van der Waals surface area contributed by atoms with Crippen LogP contribution in [0.15, 0.2) is 42.5 Å². The van der Waals surface area contributed by atoms with Crippen LogP contribution in [-0.4, -0.2) is 30.3 Å². The van der Waals surface area contributed by atoms with E-state index in [1.165, 1.54) is 0 Å². The maximum Gasteiger partial charge on any atom is 0.201 e. The molecule has 0 N–H and O–H groups in total. The van der Waals surface area contributed by atoms with Gasteiger partial charge in [-0.1, -0.05) is 42.5 Å². The van der Waals surface area contributed by atoms with Crippen LogP contribution >= 0.6 is 0 Å². The zero-order valence-electron chi connectivity index (χ0n) is 10.5. The maximum absolute atomic E-state index is 13.8. The Kier molecular flexibility index (Phi) is 3.21. The predicted octanol–water partition coefficient (Wildman–Crippen LogP) is 2.38. The van der Waals surface area contributed by atoms with Crippen molar-refractivity contribution in [2.75, 3.05) is 0 Å². The molecule has 0 spiro atoms. The molecule has 2 aliphatic heterocycles. The van der Waals surface area contributed by atoms with E-state index >= 15 is 0 Å². The van der Waals surface area contributed by atoms with Gasteiger partial charge in [-0.15, -0.1) is 0 Å². The molecule has 0 aromatic heterocycles. The van der Waals surface area contributed by atoms with Gasteiger partial charge in [0, 0.05) is 0 Å². The molecule has 5 atom stereocenters. The Morgan fingerprint density at radius 3 is 2.63 bits per heavy atom. The number of hydrogen-bond donors (Lipinski definition) is 0.